The molecule has 1 saturated carbocycles. The maximum absolute atomic E-state index is 13.0. The summed E-state index contributed by atoms with van der Waals surface area (Å²) in [4.78, 5) is 19.9. The molecule has 0 bridgehead atoms. The minimum atomic E-state index is -0.444. The van der Waals surface area contributed by atoms with Gasteiger partial charge < -0.3 is 10.1 Å². The fraction of sp³-hybridized carbons (Fsp3) is 0.474. The van der Waals surface area contributed by atoms with Crippen molar-refractivity contribution < 1.29 is 9.53 Å². The van der Waals surface area contributed by atoms with Crippen molar-refractivity contribution in [2.75, 3.05) is 31.6 Å². The Labute approximate surface area is 162 Å². The maximum Gasteiger partial charge on any atom is 0.236 e. The number of hydrogen-bond donors (Lipinski definition) is 1. The number of halogens is 1. The Balaban J connectivity index is 1.43. The Hall–Kier alpha value is -1.47. The number of amides is 1. The number of benzene rings is 1. The SMILES string of the molecule is O=C(Nc1nc(CN2CCOCC2)cs1)C1(c2ccc(Cl)cc2)CCC1. The topological polar surface area (TPSA) is 54.5 Å². The molecule has 7 heteroatoms. The zero-order chi connectivity index (χ0) is 18.0. The second kappa shape index (κ2) is 7.64. The first-order chi connectivity index (χ1) is 12.7. The Bertz CT molecular complexity index is 767. The monoisotopic (exact) mass is 391 g/mol. The van der Waals surface area contributed by atoms with Gasteiger partial charge in [-0.2, -0.15) is 0 Å². The molecule has 0 spiro atoms. The second-order valence-electron chi connectivity index (χ2n) is 6.93. The molecule has 1 aromatic carbocycles. The van der Waals surface area contributed by atoms with E-state index in [1.807, 2.05) is 29.6 Å². The second-order valence-corrected chi connectivity index (χ2v) is 8.22. The number of carbonyl (C=O) groups is 1. The number of thiazole rings is 1. The van der Waals surface area contributed by atoms with E-state index in [0.717, 1.165) is 63.4 Å². The lowest BCUT2D eigenvalue weighted by molar-refractivity contribution is -0.124. The summed E-state index contributed by atoms with van der Waals surface area (Å²) >= 11 is 7.49. The van der Waals surface area contributed by atoms with Gasteiger partial charge in [-0.3, -0.25) is 9.69 Å². The van der Waals surface area contributed by atoms with E-state index < -0.39 is 5.41 Å². The molecular formula is C19H22ClN3O2S. The Morgan fingerprint density at radius 3 is 2.65 bits per heavy atom. The Morgan fingerprint density at radius 2 is 2.00 bits per heavy atom. The van der Waals surface area contributed by atoms with Crippen LogP contribution in [0.25, 0.3) is 0 Å². The first kappa shape index (κ1) is 17.9. The van der Waals surface area contributed by atoms with E-state index in [-0.39, 0.29) is 5.91 Å². The fourth-order valence-electron chi connectivity index (χ4n) is 3.59. The number of ether oxygens (including phenoxy) is 1. The van der Waals surface area contributed by atoms with Gasteiger partial charge >= 0.3 is 0 Å². The predicted molar refractivity (Wildman–Crippen MR) is 104 cm³/mol. The number of aromatic nitrogens is 1. The van der Waals surface area contributed by atoms with Crippen LogP contribution in [0.4, 0.5) is 5.13 Å². The van der Waals surface area contributed by atoms with E-state index in [1.165, 1.54) is 11.3 Å². The van der Waals surface area contributed by atoms with E-state index in [1.54, 1.807) is 0 Å². The van der Waals surface area contributed by atoms with Gasteiger partial charge in [0.05, 0.1) is 24.3 Å². The van der Waals surface area contributed by atoms with Crippen LogP contribution in [0.15, 0.2) is 29.6 Å². The van der Waals surface area contributed by atoms with E-state index in [2.05, 4.69) is 15.2 Å². The highest BCUT2D eigenvalue weighted by Crippen LogP contribution is 2.45. The van der Waals surface area contributed by atoms with Crippen molar-refractivity contribution in [2.24, 2.45) is 0 Å². The lowest BCUT2D eigenvalue weighted by Crippen LogP contribution is -2.46. The van der Waals surface area contributed by atoms with Crippen molar-refractivity contribution in [2.45, 2.75) is 31.2 Å². The average molecular weight is 392 g/mol. The molecule has 1 aromatic heterocycles. The highest BCUT2D eigenvalue weighted by molar-refractivity contribution is 7.13. The Kier molecular flexibility index (Phi) is 5.27. The number of anilines is 1. The van der Waals surface area contributed by atoms with Gasteiger partial charge in [0.25, 0.3) is 0 Å². The van der Waals surface area contributed by atoms with Crippen LogP contribution in [0.3, 0.4) is 0 Å². The largest absolute Gasteiger partial charge is 0.379 e. The van der Waals surface area contributed by atoms with Gasteiger partial charge in [-0.25, -0.2) is 4.98 Å². The normalized spacial score (nSPS) is 19.7. The van der Waals surface area contributed by atoms with E-state index in [0.29, 0.717) is 10.2 Å². The summed E-state index contributed by atoms with van der Waals surface area (Å²) in [5, 5.41) is 6.45. The van der Waals surface area contributed by atoms with Crippen LogP contribution in [0.2, 0.25) is 5.02 Å². The average Bonchev–Trinajstić information content (AvgIpc) is 3.03. The molecule has 1 saturated heterocycles. The lowest BCUT2D eigenvalue weighted by Gasteiger charge is -2.40. The van der Waals surface area contributed by atoms with Gasteiger partial charge in [0.2, 0.25) is 5.91 Å². The van der Waals surface area contributed by atoms with Crippen LogP contribution in [-0.4, -0.2) is 42.1 Å². The molecule has 138 valence electrons. The van der Waals surface area contributed by atoms with Crippen molar-refractivity contribution in [1.29, 1.82) is 0 Å². The van der Waals surface area contributed by atoms with Crippen LogP contribution in [0.1, 0.15) is 30.5 Å². The van der Waals surface area contributed by atoms with Crippen LogP contribution in [-0.2, 0) is 21.5 Å². The van der Waals surface area contributed by atoms with E-state index in [4.69, 9.17) is 16.3 Å². The van der Waals surface area contributed by atoms with Gasteiger partial charge in [0, 0.05) is 30.0 Å². The van der Waals surface area contributed by atoms with Gasteiger partial charge in [0.15, 0.2) is 5.13 Å². The number of hydrogen-bond acceptors (Lipinski definition) is 5. The Morgan fingerprint density at radius 1 is 1.27 bits per heavy atom. The standard InChI is InChI=1S/C19H22ClN3O2S/c20-15-4-2-14(3-5-15)19(6-1-7-19)17(24)22-18-21-16(13-26-18)12-23-8-10-25-11-9-23/h2-5,13H,1,6-12H2,(H,21,22,24). The van der Waals surface area contributed by atoms with Gasteiger partial charge in [-0.05, 0) is 30.5 Å². The third kappa shape index (κ3) is 3.64. The van der Waals surface area contributed by atoms with Crippen molar-refractivity contribution in [1.82, 2.24) is 9.88 Å². The molecule has 0 unspecified atom stereocenters. The molecule has 4 rings (SSSR count). The molecule has 1 aliphatic heterocycles. The van der Waals surface area contributed by atoms with Crippen molar-refractivity contribution in [3.05, 3.63) is 45.9 Å². The summed E-state index contributed by atoms with van der Waals surface area (Å²) < 4.78 is 5.38. The molecule has 0 radical (unpaired) electrons. The van der Waals surface area contributed by atoms with E-state index >= 15 is 0 Å². The summed E-state index contributed by atoms with van der Waals surface area (Å²) in [6, 6.07) is 7.64. The molecule has 2 heterocycles. The molecule has 2 aliphatic rings. The molecule has 5 nitrogen and oxygen atoms in total. The summed E-state index contributed by atoms with van der Waals surface area (Å²) in [5.41, 5.74) is 1.60. The molecule has 1 aliphatic carbocycles. The van der Waals surface area contributed by atoms with E-state index in [9.17, 15) is 4.79 Å². The molecule has 2 aromatic rings. The van der Waals surface area contributed by atoms with Crippen molar-refractivity contribution in [3.63, 3.8) is 0 Å². The maximum atomic E-state index is 13.0. The highest BCUT2D eigenvalue weighted by atomic mass is 35.5. The minimum absolute atomic E-state index is 0.0401. The molecule has 0 atom stereocenters. The molecular weight excluding hydrogens is 370 g/mol. The van der Waals surface area contributed by atoms with Gasteiger partial charge in [-0.15, -0.1) is 11.3 Å². The number of rotatable bonds is 5. The van der Waals surface area contributed by atoms with Crippen LogP contribution < -0.4 is 5.32 Å². The fourth-order valence-corrected chi connectivity index (χ4v) is 4.41. The summed E-state index contributed by atoms with van der Waals surface area (Å²) in [5.74, 6) is 0.0401. The predicted octanol–water partition coefficient (Wildman–Crippen LogP) is 3.69. The quantitative estimate of drug-likeness (QED) is 0.844. The summed E-state index contributed by atoms with van der Waals surface area (Å²) in [7, 11) is 0. The molecule has 2 fully saturated rings. The number of carbonyl (C=O) groups excluding carboxylic acids is 1. The zero-order valence-electron chi connectivity index (χ0n) is 14.5. The minimum Gasteiger partial charge on any atom is -0.379 e. The molecule has 1 N–H and O–H groups in total. The smallest absolute Gasteiger partial charge is 0.236 e. The molecule has 1 amide bonds. The van der Waals surface area contributed by atoms with Gasteiger partial charge in [0.1, 0.15) is 0 Å². The van der Waals surface area contributed by atoms with Gasteiger partial charge in [-0.1, -0.05) is 30.2 Å². The lowest BCUT2D eigenvalue weighted by atomic mass is 9.64. The van der Waals surface area contributed by atoms with Crippen LogP contribution in [0, 0.1) is 0 Å². The zero-order valence-corrected chi connectivity index (χ0v) is 16.1. The summed E-state index contributed by atoms with van der Waals surface area (Å²) in [6.07, 6.45) is 2.80. The van der Waals surface area contributed by atoms with Crippen molar-refractivity contribution in [3.8, 4) is 0 Å². The third-order valence-electron chi connectivity index (χ3n) is 5.30. The highest BCUT2D eigenvalue weighted by Gasteiger charge is 2.45. The van der Waals surface area contributed by atoms with Crippen molar-refractivity contribution >= 4 is 34.0 Å². The number of morpholine rings is 1. The first-order valence-electron chi connectivity index (χ1n) is 8.98. The summed E-state index contributed by atoms with van der Waals surface area (Å²) in [6.45, 7) is 4.21. The first-order valence-corrected chi connectivity index (χ1v) is 10.2. The third-order valence-corrected chi connectivity index (χ3v) is 6.36. The van der Waals surface area contributed by atoms with Crippen LogP contribution in [0.5, 0.6) is 0 Å². The number of nitrogens with zero attached hydrogens (tertiary/aromatic N) is 2. The van der Waals surface area contributed by atoms with Crippen LogP contribution >= 0.6 is 22.9 Å². The number of nitrogens with one attached hydrogen (secondary N) is 1. The molecule has 26 heavy (non-hydrogen) atoms.